The lowest BCUT2D eigenvalue weighted by Crippen LogP contribution is -2.45. The minimum absolute atomic E-state index is 0.147. The smallest absolute Gasteiger partial charge is 0.220 e. The molecular weight excluding hydrogens is 128 g/mol. The van der Waals surface area contributed by atoms with Crippen molar-refractivity contribution in [1.29, 1.82) is 0 Å². The van der Waals surface area contributed by atoms with E-state index >= 15 is 0 Å². The van der Waals surface area contributed by atoms with E-state index in [9.17, 15) is 4.79 Å². The van der Waals surface area contributed by atoms with Gasteiger partial charge in [-0.2, -0.15) is 0 Å². The SMILES string of the molecule is C[C@@]1(CN)CCC(=O)NC1. The van der Waals surface area contributed by atoms with Crippen LogP contribution in [0.1, 0.15) is 19.8 Å². The molecule has 0 aromatic carbocycles. The molecule has 1 aliphatic heterocycles. The molecule has 1 aliphatic rings. The lowest BCUT2D eigenvalue weighted by atomic mass is 9.83. The van der Waals surface area contributed by atoms with Gasteiger partial charge in [0, 0.05) is 13.0 Å². The Balaban J connectivity index is 2.46. The number of carbonyl (C=O) groups is 1. The van der Waals surface area contributed by atoms with E-state index in [2.05, 4.69) is 12.2 Å². The van der Waals surface area contributed by atoms with Crippen LogP contribution in [0.4, 0.5) is 0 Å². The van der Waals surface area contributed by atoms with Crippen molar-refractivity contribution in [3.8, 4) is 0 Å². The van der Waals surface area contributed by atoms with E-state index in [1.54, 1.807) is 0 Å². The van der Waals surface area contributed by atoms with Gasteiger partial charge < -0.3 is 11.1 Å². The van der Waals surface area contributed by atoms with Gasteiger partial charge in [0.05, 0.1) is 0 Å². The minimum atomic E-state index is 0.147. The number of rotatable bonds is 1. The summed E-state index contributed by atoms with van der Waals surface area (Å²) in [5.41, 5.74) is 5.68. The van der Waals surface area contributed by atoms with Gasteiger partial charge in [-0.1, -0.05) is 6.92 Å². The standard InChI is InChI=1S/C7H14N2O/c1-7(4-8)3-2-6(10)9-5-7/h2-5,8H2,1H3,(H,9,10)/t7-/m0/s1. The second-order valence-electron chi connectivity index (χ2n) is 3.29. The Morgan fingerprint density at radius 3 is 2.90 bits per heavy atom. The van der Waals surface area contributed by atoms with Crippen LogP contribution in [0.3, 0.4) is 0 Å². The number of nitrogens with two attached hydrogens (primary N) is 1. The Bertz CT molecular complexity index is 135. The first kappa shape index (κ1) is 7.54. The third kappa shape index (κ3) is 1.48. The topological polar surface area (TPSA) is 55.1 Å². The second kappa shape index (κ2) is 2.58. The monoisotopic (exact) mass is 142 g/mol. The molecule has 1 amide bonds. The van der Waals surface area contributed by atoms with Gasteiger partial charge >= 0.3 is 0 Å². The summed E-state index contributed by atoms with van der Waals surface area (Å²) in [5, 5.41) is 2.80. The maximum absolute atomic E-state index is 10.7. The van der Waals surface area contributed by atoms with Crippen LogP contribution in [0.25, 0.3) is 0 Å². The first-order valence-electron chi connectivity index (χ1n) is 3.63. The zero-order chi connectivity index (χ0) is 7.61. The molecule has 0 radical (unpaired) electrons. The maximum atomic E-state index is 10.7. The van der Waals surface area contributed by atoms with Crippen molar-refractivity contribution in [3.63, 3.8) is 0 Å². The molecular formula is C7H14N2O. The van der Waals surface area contributed by atoms with Crippen LogP contribution < -0.4 is 11.1 Å². The molecule has 3 N–H and O–H groups in total. The van der Waals surface area contributed by atoms with Crippen LogP contribution in [0.15, 0.2) is 0 Å². The van der Waals surface area contributed by atoms with Crippen molar-refractivity contribution in [2.75, 3.05) is 13.1 Å². The van der Waals surface area contributed by atoms with Crippen LogP contribution in [0.2, 0.25) is 0 Å². The molecule has 3 nitrogen and oxygen atoms in total. The summed E-state index contributed by atoms with van der Waals surface area (Å²) in [6.45, 7) is 3.50. The fourth-order valence-electron chi connectivity index (χ4n) is 1.08. The fourth-order valence-corrected chi connectivity index (χ4v) is 1.08. The van der Waals surface area contributed by atoms with E-state index in [1.807, 2.05) is 0 Å². The van der Waals surface area contributed by atoms with E-state index in [1.165, 1.54) is 0 Å². The molecule has 0 aliphatic carbocycles. The molecule has 1 saturated heterocycles. The van der Waals surface area contributed by atoms with E-state index < -0.39 is 0 Å². The molecule has 0 aromatic rings. The Kier molecular flexibility index (Phi) is 1.94. The molecule has 10 heavy (non-hydrogen) atoms. The van der Waals surface area contributed by atoms with Gasteiger partial charge in [-0.15, -0.1) is 0 Å². The number of hydrogen-bond acceptors (Lipinski definition) is 2. The lowest BCUT2D eigenvalue weighted by molar-refractivity contribution is -0.124. The van der Waals surface area contributed by atoms with Crippen molar-refractivity contribution in [2.45, 2.75) is 19.8 Å². The fraction of sp³-hybridized carbons (Fsp3) is 0.857. The van der Waals surface area contributed by atoms with Crippen LogP contribution >= 0.6 is 0 Å². The predicted octanol–water partition coefficient (Wildman–Crippen LogP) is -0.139. The van der Waals surface area contributed by atoms with Crippen LogP contribution in [-0.2, 0) is 4.79 Å². The molecule has 1 fully saturated rings. The van der Waals surface area contributed by atoms with Crippen molar-refractivity contribution >= 4 is 5.91 Å². The number of hydrogen-bond donors (Lipinski definition) is 2. The van der Waals surface area contributed by atoms with Gasteiger partial charge in [0.1, 0.15) is 0 Å². The molecule has 0 spiro atoms. The largest absolute Gasteiger partial charge is 0.356 e. The van der Waals surface area contributed by atoms with Gasteiger partial charge in [-0.25, -0.2) is 0 Å². The van der Waals surface area contributed by atoms with Gasteiger partial charge in [0.15, 0.2) is 0 Å². The number of amides is 1. The van der Waals surface area contributed by atoms with Gasteiger partial charge in [0.25, 0.3) is 0 Å². The Hall–Kier alpha value is -0.570. The van der Waals surface area contributed by atoms with E-state index in [0.29, 0.717) is 13.0 Å². The number of piperidine rings is 1. The normalized spacial score (nSPS) is 33.6. The van der Waals surface area contributed by atoms with E-state index in [0.717, 1.165) is 13.0 Å². The summed E-state index contributed by atoms with van der Waals surface area (Å²) < 4.78 is 0. The van der Waals surface area contributed by atoms with Crippen molar-refractivity contribution < 1.29 is 4.79 Å². The first-order chi connectivity index (χ1) is 4.66. The summed E-state index contributed by atoms with van der Waals surface area (Å²) in [7, 11) is 0. The van der Waals surface area contributed by atoms with E-state index in [-0.39, 0.29) is 11.3 Å². The van der Waals surface area contributed by atoms with Gasteiger partial charge in [0.2, 0.25) is 5.91 Å². The van der Waals surface area contributed by atoms with Crippen LogP contribution in [0, 0.1) is 5.41 Å². The highest BCUT2D eigenvalue weighted by Crippen LogP contribution is 2.23. The third-order valence-electron chi connectivity index (χ3n) is 2.16. The van der Waals surface area contributed by atoms with Crippen LogP contribution in [-0.4, -0.2) is 19.0 Å². The quantitative estimate of drug-likeness (QED) is 0.535. The highest BCUT2D eigenvalue weighted by atomic mass is 16.1. The molecule has 1 atom stereocenters. The summed E-state index contributed by atoms with van der Waals surface area (Å²) in [5.74, 6) is 0.158. The molecule has 3 heteroatoms. The Morgan fingerprint density at radius 1 is 1.80 bits per heavy atom. The van der Waals surface area contributed by atoms with Crippen molar-refractivity contribution in [2.24, 2.45) is 11.1 Å². The average Bonchev–Trinajstić information content (AvgIpc) is 1.96. The average molecular weight is 142 g/mol. The molecule has 0 aromatic heterocycles. The van der Waals surface area contributed by atoms with Gasteiger partial charge in [-0.05, 0) is 18.4 Å². The summed E-state index contributed by atoms with van der Waals surface area (Å²) in [6, 6.07) is 0. The van der Waals surface area contributed by atoms with Crippen molar-refractivity contribution in [1.82, 2.24) is 5.32 Å². The Labute approximate surface area is 61.0 Å². The summed E-state index contributed by atoms with van der Waals surface area (Å²) in [6.07, 6.45) is 1.56. The van der Waals surface area contributed by atoms with Crippen molar-refractivity contribution in [3.05, 3.63) is 0 Å². The van der Waals surface area contributed by atoms with Gasteiger partial charge in [-0.3, -0.25) is 4.79 Å². The molecule has 1 rings (SSSR count). The highest BCUT2D eigenvalue weighted by molar-refractivity contribution is 5.76. The Morgan fingerprint density at radius 2 is 2.50 bits per heavy atom. The zero-order valence-electron chi connectivity index (χ0n) is 6.31. The molecule has 58 valence electrons. The summed E-state index contributed by atoms with van der Waals surface area (Å²) >= 11 is 0. The predicted molar refractivity (Wildman–Crippen MR) is 39.4 cm³/mol. The number of carbonyl (C=O) groups excluding carboxylic acids is 1. The highest BCUT2D eigenvalue weighted by Gasteiger charge is 2.27. The summed E-state index contributed by atoms with van der Waals surface area (Å²) in [4.78, 5) is 10.7. The number of nitrogens with one attached hydrogen (secondary N) is 1. The zero-order valence-corrected chi connectivity index (χ0v) is 6.31. The molecule has 0 bridgehead atoms. The molecule has 1 heterocycles. The molecule has 0 saturated carbocycles. The minimum Gasteiger partial charge on any atom is -0.356 e. The third-order valence-corrected chi connectivity index (χ3v) is 2.16. The van der Waals surface area contributed by atoms with Crippen LogP contribution in [0.5, 0.6) is 0 Å². The molecule has 0 unspecified atom stereocenters. The second-order valence-corrected chi connectivity index (χ2v) is 3.29. The lowest BCUT2D eigenvalue weighted by Gasteiger charge is -2.31. The van der Waals surface area contributed by atoms with E-state index in [4.69, 9.17) is 5.73 Å². The first-order valence-corrected chi connectivity index (χ1v) is 3.63. The maximum Gasteiger partial charge on any atom is 0.220 e.